The lowest BCUT2D eigenvalue weighted by atomic mass is 10.0. The van der Waals surface area contributed by atoms with Crippen LogP contribution in [0.4, 0.5) is 0 Å². The van der Waals surface area contributed by atoms with Crippen LogP contribution < -0.4 is 0 Å². The maximum Gasteiger partial charge on any atom is 0.318 e. The van der Waals surface area contributed by atoms with Gasteiger partial charge in [0.1, 0.15) is 6.54 Å². The van der Waals surface area contributed by atoms with E-state index in [4.69, 9.17) is 9.84 Å². The summed E-state index contributed by atoms with van der Waals surface area (Å²) in [5.74, 6) is -1.04. The van der Waals surface area contributed by atoms with E-state index < -0.39 is 22.5 Å². The number of carboxylic acid groups (broad SMARTS) is 1. The summed E-state index contributed by atoms with van der Waals surface area (Å²) < 4.78 is 30.6. The summed E-state index contributed by atoms with van der Waals surface area (Å²) in [7, 11) is -3.52. The lowest BCUT2D eigenvalue weighted by molar-refractivity contribution is -0.137. The average Bonchev–Trinajstić information content (AvgIpc) is 2.26. The third-order valence-electron chi connectivity index (χ3n) is 3.01. The molecule has 6 nitrogen and oxygen atoms in total. The maximum absolute atomic E-state index is 12.2. The summed E-state index contributed by atoms with van der Waals surface area (Å²) in [6.45, 7) is 4.07. The number of nitrogens with zero attached hydrogens (tertiary/aromatic N) is 1. The number of hydrogen-bond acceptors (Lipinski definition) is 4. The van der Waals surface area contributed by atoms with E-state index >= 15 is 0 Å². The van der Waals surface area contributed by atoms with E-state index in [1.54, 1.807) is 13.8 Å². The molecule has 0 unspecified atom stereocenters. The molecule has 1 aliphatic heterocycles. The second-order valence-electron chi connectivity index (χ2n) is 4.87. The number of ether oxygens (including phenoxy) is 1. The zero-order valence-electron chi connectivity index (χ0n) is 10.8. The molecule has 1 heterocycles. The minimum atomic E-state index is -3.52. The molecule has 18 heavy (non-hydrogen) atoms. The van der Waals surface area contributed by atoms with E-state index in [0.29, 0.717) is 13.2 Å². The molecule has 106 valence electrons. The van der Waals surface area contributed by atoms with Crippen LogP contribution in [-0.4, -0.2) is 55.4 Å². The first-order chi connectivity index (χ1) is 8.33. The van der Waals surface area contributed by atoms with Gasteiger partial charge in [-0.05, 0) is 32.6 Å². The third kappa shape index (κ3) is 4.55. The Labute approximate surface area is 108 Å². The molecule has 0 amide bonds. The number of hydrogen-bond donors (Lipinski definition) is 1. The van der Waals surface area contributed by atoms with Crippen molar-refractivity contribution in [2.45, 2.75) is 32.7 Å². The fraction of sp³-hybridized carbons (Fsp3) is 0.909. The van der Waals surface area contributed by atoms with Gasteiger partial charge in [-0.1, -0.05) is 0 Å². The predicted octanol–water partition coefficient (Wildman–Crippen LogP) is 0.538. The van der Waals surface area contributed by atoms with Crippen LogP contribution in [0.3, 0.4) is 0 Å². The van der Waals surface area contributed by atoms with Gasteiger partial charge < -0.3 is 9.84 Å². The largest absolute Gasteiger partial charge is 0.480 e. The number of carboxylic acids is 1. The van der Waals surface area contributed by atoms with E-state index in [1.807, 2.05) is 0 Å². The van der Waals surface area contributed by atoms with Crippen molar-refractivity contribution in [1.29, 1.82) is 0 Å². The van der Waals surface area contributed by atoms with E-state index in [9.17, 15) is 13.2 Å². The molecule has 7 heteroatoms. The first-order valence-electron chi connectivity index (χ1n) is 6.12. The summed E-state index contributed by atoms with van der Waals surface area (Å²) >= 11 is 0. The van der Waals surface area contributed by atoms with E-state index in [2.05, 4.69) is 0 Å². The molecule has 1 N–H and O–H groups in total. The van der Waals surface area contributed by atoms with Gasteiger partial charge in [0.2, 0.25) is 10.0 Å². The second-order valence-corrected chi connectivity index (χ2v) is 6.83. The fourth-order valence-corrected chi connectivity index (χ4v) is 4.11. The average molecular weight is 279 g/mol. The van der Waals surface area contributed by atoms with Gasteiger partial charge in [0.15, 0.2) is 0 Å². The van der Waals surface area contributed by atoms with Gasteiger partial charge in [0.25, 0.3) is 0 Å². The first kappa shape index (κ1) is 15.4. The van der Waals surface area contributed by atoms with Crippen molar-refractivity contribution in [2.24, 2.45) is 5.92 Å². The van der Waals surface area contributed by atoms with Gasteiger partial charge in [0, 0.05) is 19.3 Å². The smallest absolute Gasteiger partial charge is 0.318 e. The highest BCUT2D eigenvalue weighted by Gasteiger charge is 2.30. The summed E-state index contributed by atoms with van der Waals surface area (Å²) in [5.41, 5.74) is 0. The zero-order chi connectivity index (χ0) is 13.8. The summed E-state index contributed by atoms with van der Waals surface area (Å²) in [6.07, 6.45) is 1.44. The van der Waals surface area contributed by atoms with Gasteiger partial charge in [-0.15, -0.1) is 0 Å². The molecule has 0 aliphatic carbocycles. The lowest BCUT2D eigenvalue weighted by Gasteiger charge is -2.28. The van der Waals surface area contributed by atoms with Crippen molar-refractivity contribution >= 4 is 16.0 Å². The Balaban J connectivity index is 2.71. The molecule has 0 aromatic carbocycles. The number of carbonyl (C=O) groups is 1. The number of sulfonamides is 1. The lowest BCUT2D eigenvalue weighted by Crippen LogP contribution is -2.43. The molecule has 1 aliphatic rings. The van der Waals surface area contributed by atoms with Crippen molar-refractivity contribution in [3.05, 3.63) is 0 Å². The zero-order valence-corrected chi connectivity index (χ0v) is 11.6. The molecule has 0 saturated carbocycles. The van der Waals surface area contributed by atoms with Crippen LogP contribution in [0.25, 0.3) is 0 Å². The van der Waals surface area contributed by atoms with Crippen molar-refractivity contribution in [3.8, 4) is 0 Å². The van der Waals surface area contributed by atoms with E-state index in [1.165, 1.54) is 0 Å². The number of aliphatic carboxylic acids is 1. The molecule has 0 spiro atoms. The summed E-state index contributed by atoms with van der Waals surface area (Å²) in [6, 6.07) is -0.342. The predicted molar refractivity (Wildman–Crippen MR) is 66.8 cm³/mol. The molecule has 0 bridgehead atoms. The van der Waals surface area contributed by atoms with E-state index in [0.717, 1.165) is 17.1 Å². The Morgan fingerprint density at radius 3 is 2.39 bits per heavy atom. The van der Waals surface area contributed by atoms with Crippen LogP contribution >= 0.6 is 0 Å². The topological polar surface area (TPSA) is 83.9 Å². The minimum absolute atomic E-state index is 0.0157. The monoisotopic (exact) mass is 279 g/mol. The molecule has 1 rings (SSSR count). The molecule has 0 radical (unpaired) electrons. The molecule has 1 saturated heterocycles. The van der Waals surface area contributed by atoms with Gasteiger partial charge >= 0.3 is 5.97 Å². The fourth-order valence-electron chi connectivity index (χ4n) is 2.04. The Kier molecular flexibility index (Phi) is 5.55. The molecule has 1 fully saturated rings. The van der Waals surface area contributed by atoms with Gasteiger partial charge in [0.05, 0.1) is 5.75 Å². The SMILES string of the molecule is CC(C)N(CC(=O)O)S(=O)(=O)CC1CCOCC1. The Morgan fingerprint density at radius 1 is 1.39 bits per heavy atom. The Bertz CT molecular complexity index is 373. The Morgan fingerprint density at radius 2 is 1.94 bits per heavy atom. The van der Waals surface area contributed by atoms with Crippen molar-refractivity contribution in [3.63, 3.8) is 0 Å². The first-order valence-corrected chi connectivity index (χ1v) is 7.73. The standard InChI is InChI=1S/C11H21NO5S/c1-9(2)12(7-11(13)14)18(15,16)8-10-3-5-17-6-4-10/h9-10H,3-8H2,1-2H3,(H,13,14). The molecule has 0 aromatic rings. The highest BCUT2D eigenvalue weighted by atomic mass is 32.2. The van der Waals surface area contributed by atoms with Crippen molar-refractivity contribution in [1.82, 2.24) is 4.31 Å². The van der Waals surface area contributed by atoms with Crippen LogP contribution in [0.5, 0.6) is 0 Å². The molecule has 0 atom stereocenters. The van der Waals surface area contributed by atoms with Crippen LogP contribution in [0.1, 0.15) is 26.7 Å². The van der Waals surface area contributed by atoms with Crippen LogP contribution in [0, 0.1) is 5.92 Å². The highest BCUT2D eigenvalue weighted by Crippen LogP contribution is 2.19. The van der Waals surface area contributed by atoms with Gasteiger partial charge in [-0.2, -0.15) is 4.31 Å². The normalized spacial score (nSPS) is 18.4. The van der Waals surface area contributed by atoms with E-state index in [-0.39, 0.29) is 17.7 Å². The van der Waals surface area contributed by atoms with Crippen LogP contribution in [-0.2, 0) is 19.6 Å². The summed E-state index contributed by atoms with van der Waals surface area (Å²) in [5, 5.41) is 8.78. The van der Waals surface area contributed by atoms with Crippen molar-refractivity contribution in [2.75, 3.05) is 25.5 Å². The quantitative estimate of drug-likeness (QED) is 0.767. The highest BCUT2D eigenvalue weighted by molar-refractivity contribution is 7.89. The molecular formula is C11H21NO5S. The third-order valence-corrected chi connectivity index (χ3v) is 5.17. The van der Waals surface area contributed by atoms with Crippen LogP contribution in [0.2, 0.25) is 0 Å². The van der Waals surface area contributed by atoms with Crippen LogP contribution in [0.15, 0.2) is 0 Å². The number of rotatable bonds is 6. The second kappa shape index (κ2) is 6.49. The van der Waals surface area contributed by atoms with Gasteiger partial charge in [-0.25, -0.2) is 8.42 Å². The van der Waals surface area contributed by atoms with Gasteiger partial charge in [-0.3, -0.25) is 4.79 Å². The minimum Gasteiger partial charge on any atom is -0.480 e. The maximum atomic E-state index is 12.2. The molecular weight excluding hydrogens is 258 g/mol. The van der Waals surface area contributed by atoms with Crippen molar-refractivity contribution < 1.29 is 23.1 Å². The summed E-state index contributed by atoms with van der Waals surface area (Å²) in [4.78, 5) is 10.7. The Hall–Kier alpha value is -0.660. The molecule has 0 aromatic heterocycles.